The number of aliphatic hydroxyl groups is 1. The Morgan fingerprint density at radius 1 is 1.12 bits per heavy atom. The van der Waals surface area contributed by atoms with Gasteiger partial charge in [-0.05, 0) is 19.8 Å². The zero-order valence-electron chi connectivity index (χ0n) is 11.5. The molecule has 1 atom stereocenters. The molecule has 0 bridgehead atoms. The molecule has 0 radical (unpaired) electrons. The van der Waals surface area contributed by atoms with Crippen LogP contribution in [0.4, 0.5) is 0 Å². The van der Waals surface area contributed by atoms with E-state index in [0.29, 0.717) is 19.4 Å². The number of hydrogen-bond acceptors (Lipinski definition) is 2. The molecule has 0 spiro atoms. The summed E-state index contributed by atoms with van der Waals surface area (Å²) in [6.45, 7) is 4.55. The molecule has 0 aromatic heterocycles. The molecule has 1 amide bonds. The Hall–Kier alpha value is -0.570. The maximum atomic E-state index is 11.4. The van der Waals surface area contributed by atoms with Crippen LogP contribution in [0.3, 0.4) is 0 Å². The van der Waals surface area contributed by atoms with E-state index in [-0.39, 0.29) is 12.0 Å². The quantitative estimate of drug-likeness (QED) is 0.548. The van der Waals surface area contributed by atoms with Crippen LogP contribution < -0.4 is 5.32 Å². The molecule has 17 heavy (non-hydrogen) atoms. The van der Waals surface area contributed by atoms with Crippen molar-refractivity contribution in [2.75, 3.05) is 6.54 Å². The van der Waals surface area contributed by atoms with E-state index in [0.717, 1.165) is 12.8 Å². The van der Waals surface area contributed by atoms with Crippen LogP contribution in [0.25, 0.3) is 0 Å². The second-order valence-corrected chi connectivity index (χ2v) is 4.86. The lowest BCUT2D eigenvalue weighted by Crippen LogP contribution is -2.26. The molecular formula is C14H29NO2. The fourth-order valence-corrected chi connectivity index (χ4v) is 1.75. The van der Waals surface area contributed by atoms with E-state index < -0.39 is 0 Å². The highest BCUT2D eigenvalue weighted by Gasteiger charge is 2.01. The van der Waals surface area contributed by atoms with Crippen molar-refractivity contribution in [2.45, 2.75) is 77.7 Å². The summed E-state index contributed by atoms with van der Waals surface area (Å²) in [5, 5.41) is 11.9. The third kappa shape index (κ3) is 13.4. The Morgan fingerprint density at radius 3 is 2.29 bits per heavy atom. The number of carbonyl (C=O) groups is 1. The van der Waals surface area contributed by atoms with E-state index in [2.05, 4.69) is 12.2 Å². The van der Waals surface area contributed by atoms with Crippen LogP contribution >= 0.6 is 0 Å². The minimum atomic E-state index is -0.325. The summed E-state index contributed by atoms with van der Waals surface area (Å²) in [7, 11) is 0. The smallest absolute Gasteiger partial charge is 0.219 e. The van der Waals surface area contributed by atoms with Gasteiger partial charge >= 0.3 is 0 Å². The van der Waals surface area contributed by atoms with Crippen LogP contribution in [-0.2, 0) is 4.79 Å². The largest absolute Gasteiger partial charge is 0.393 e. The van der Waals surface area contributed by atoms with Gasteiger partial charge in [0.25, 0.3) is 0 Å². The highest BCUT2D eigenvalue weighted by atomic mass is 16.3. The lowest BCUT2D eigenvalue weighted by molar-refractivity contribution is -0.121. The van der Waals surface area contributed by atoms with Gasteiger partial charge in [0.2, 0.25) is 5.91 Å². The fraction of sp³-hybridized carbons (Fsp3) is 0.929. The van der Waals surface area contributed by atoms with E-state index in [1.165, 1.54) is 32.1 Å². The Labute approximate surface area is 106 Å². The molecule has 0 aromatic carbocycles. The Kier molecular flexibility index (Phi) is 11.5. The van der Waals surface area contributed by atoms with Crippen molar-refractivity contribution in [3.05, 3.63) is 0 Å². The molecule has 0 rings (SSSR count). The molecule has 0 fully saturated rings. The molecule has 0 aliphatic rings. The molecule has 0 aliphatic carbocycles. The summed E-state index contributed by atoms with van der Waals surface area (Å²) in [4.78, 5) is 11.4. The van der Waals surface area contributed by atoms with Gasteiger partial charge in [0.15, 0.2) is 0 Å². The summed E-state index contributed by atoms with van der Waals surface area (Å²) >= 11 is 0. The van der Waals surface area contributed by atoms with Crippen molar-refractivity contribution in [3.63, 3.8) is 0 Å². The van der Waals surface area contributed by atoms with Crippen molar-refractivity contribution in [1.82, 2.24) is 5.32 Å². The average Bonchev–Trinajstić information content (AvgIpc) is 2.27. The van der Waals surface area contributed by atoms with Crippen LogP contribution in [0, 0.1) is 0 Å². The van der Waals surface area contributed by atoms with Crippen molar-refractivity contribution in [2.24, 2.45) is 0 Å². The van der Waals surface area contributed by atoms with Crippen LogP contribution in [0.5, 0.6) is 0 Å². The molecule has 0 heterocycles. The summed E-state index contributed by atoms with van der Waals surface area (Å²) < 4.78 is 0. The SMILES string of the molecule is CCCCCCCCCC(=O)NCCC(C)O. The molecule has 1 unspecified atom stereocenters. The van der Waals surface area contributed by atoms with Gasteiger partial charge < -0.3 is 10.4 Å². The van der Waals surface area contributed by atoms with E-state index in [9.17, 15) is 4.79 Å². The molecular weight excluding hydrogens is 214 g/mol. The third-order valence-electron chi connectivity index (χ3n) is 2.89. The monoisotopic (exact) mass is 243 g/mol. The maximum Gasteiger partial charge on any atom is 0.219 e. The number of rotatable bonds is 11. The van der Waals surface area contributed by atoms with Crippen molar-refractivity contribution >= 4 is 5.91 Å². The number of amides is 1. The zero-order valence-corrected chi connectivity index (χ0v) is 11.5. The Morgan fingerprint density at radius 2 is 1.71 bits per heavy atom. The highest BCUT2D eigenvalue weighted by Crippen LogP contribution is 2.08. The van der Waals surface area contributed by atoms with E-state index in [4.69, 9.17) is 5.11 Å². The number of carbonyl (C=O) groups excluding carboxylic acids is 1. The second-order valence-electron chi connectivity index (χ2n) is 4.86. The molecule has 0 saturated carbocycles. The number of nitrogens with one attached hydrogen (secondary N) is 1. The summed E-state index contributed by atoms with van der Waals surface area (Å²) in [5.74, 6) is 0.124. The first-order chi connectivity index (χ1) is 8.16. The van der Waals surface area contributed by atoms with Crippen molar-refractivity contribution in [1.29, 1.82) is 0 Å². The fourth-order valence-electron chi connectivity index (χ4n) is 1.75. The summed E-state index contributed by atoms with van der Waals surface area (Å²) in [5.41, 5.74) is 0. The van der Waals surface area contributed by atoms with E-state index >= 15 is 0 Å². The Bertz CT molecular complexity index is 181. The number of hydrogen-bond donors (Lipinski definition) is 2. The predicted octanol–water partition coefficient (Wildman–Crippen LogP) is 3.01. The lowest BCUT2D eigenvalue weighted by atomic mass is 10.1. The normalized spacial score (nSPS) is 12.4. The topological polar surface area (TPSA) is 49.3 Å². The van der Waals surface area contributed by atoms with Gasteiger partial charge in [0.05, 0.1) is 6.10 Å². The van der Waals surface area contributed by atoms with Crippen LogP contribution in [0.1, 0.15) is 71.6 Å². The van der Waals surface area contributed by atoms with Gasteiger partial charge in [-0.3, -0.25) is 4.79 Å². The van der Waals surface area contributed by atoms with Crippen molar-refractivity contribution < 1.29 is 9.90 Å². The molecule has 0 aromatic rings. The summed E-state index contributed by atoms with van der Waals surface area (Å²) in [6.07, 6.45) is 9.60. The van der Waals surface area contributed by atoms with Crippen LogP contribution in [-0.4, -0.2) is 23.7 Å². The molecule has 3 heteroatoms. The van der Waals surface area contributed by atoms with Gasteiger partial charge in [0.1, 0.15) is 0 Å². The number of aliphatic hydroxyl groups excluding tert-OH is 1. The first kappa shape index (κ1) is 16.4. The van der Waals surface area contributed by atoms with Crippen LogP contribution in [0.2, 0.25) is 0 Å². The third-order valence-corrected chi connectivity index (χ3v) is 2.89. The zero-order chi connectivity index (χ0) is 12.9. The average molecular weight is 243 g/mol. The van der Waals surface area contributed by atoms with Gasteiger partial charge in [-0.15, -0.1) is 0 Å². The molecule has 2 N–H and O–H groups in total. The standard InChI is InChI=1S/C14H29NO2/c1-3-4-5-6-7-8-9-10-14(17)15-12-11-13(2)16/h13,16H,3-12H2,1-2H3,(H,15,17). The van der Waals surface area contributed by atoms with E-state index in [1.54, 1.807) is 6.92 Å². The molecule has 0 aliphatic heterocycles. The minimum absolute atomic E-state index is 0.124. The first-order valence-corrected chi connectivity index (χ1v) is 7.11. The predicted molar refractivity (Wildman–Crippen MR) is 71.9 cm³/mol. The maximum absolute atomic E-state index is 11.4. The lowest BCUT2D eigenvalue weighted by Gasteiger charge is -2.06. The molecule has 3 nitrogen and oxygen atoms in total. The summed E-state index contributed by atoms with van der Waals surface area (Å²) in [6, 6.07) is 0. The van der Waals surface area contributed by atoms with Gasteiger partial charge in [0, 0.05) is 13.0 Å². The minimum Gasteiger partial charge on any atom is -0.393 e. The Balaban J connectivity index is 3.16. The molecule has 0 saturated heterocycles. The van der Waals surface area contributed by atoms with Gasteiger partial charge in [-0.25, -0.2) is 0 Å². The highest BCUT2D eigenvalue weighted by molar-refractivity contribution is 5.75. The first-order valence-electron chi connectivity index (χ1n) is 7.11. The molecule has 102 valence electrons. The van der Waals surface area contributed by atoms with Crippen LogP contribution in [0.15, 0.2) is 0 Å². The van der Waals surface area contributed by atoms with E-state index in [1.807, 2.05) is 0 Å². The van der Waals surface area contributed by atoms with Gasteiger partial charge in [-0.2, -0.15) is 0 Å². The van der Waals surface area contributed by atoms with Gasteiger partial charge in [-0.1, -0.05) is 45.4 Å². The number of unbranched alkanes of at least 4 members (excludes halogenated alkanes) is 6. The van der Waals surface area contributed by atoms with Crippen molar-refractivity contribution in [3.8, 4) is 0 Å². The second kappa shape index (κ2) is 11.9.